The molecule has 1 aromatic carbocycles. The quantitative estimate of drug-likeness (QED) is 0.522. The highest BCUT2D eigenvalue weighted by molar-refractivity contribution is 7.20. The van der Waals surface area contributed by atoms with Crippen LogP contribution in [-0.2, 0) is 0 Å². The maximum Gasteiger partial charge on any atom is 0.346 e. The van der Waals surface area contributed by atoms with Crippen LogP contribution >= 0.6 is 11.3 Å². The van der Waals surface area contributed by atoms with Gasteiger partial charge in [0.25, 0.3) is 0 Å². The zero-order chi connectivity index (χ0) is 18.3. The van der Waals surface area contributed by atoms with E-state index in [1.54, 1.807) is 13.8 Å². The van der Waals surface area contributed by atoms with Crippen molar-refractivity contribution in [3.8, 4) is 5.75 Å². The van der Waals surface area contributed by atoms with Crippen molar-refractivity contribution in [3.63, 3.8) is 0 Å². The van der Waals surface area contributed by atoms with Crippen LogP contribution in [0.3, 0.4) is 0 Å². The van der Waals surface area contributed by atoms with Crippen LogP contribution in [0.1, 0.15) is 31.4 Å². The summed E-state index contributed by atoms with van der Waals surface area (Å²) in [4.78, 5) is 31.8. The molecule has 25 heavy (non-hydrogen) atoms. The standard InChI is InChI=1S/C16H13N3O5S/c1-6-11-13(17-7(2)18-14(11)25-12(6)16(23)24)19-8-3-4-10(20)9(5-8)15(21)22/h3-5,20H,1-2H3,(H,21,22)(H,23,24)(H,17,18,19). The molecule has 4 N–H and O–H groups in total. The number of thiophene rings is 1. The van der Waals surface area contributed by atoms with Gasteiger partial charge in [-0.2, -0.15) is 0 Å². The van der Waals surface area contributed by atoms with Crippen LogP contribution in [0.4, 0.5) is 11.5 Å². The third kappa shape index (κ3) is 2.96. The van der Waals surface area contributed by atoms with Gasteiger partial charge in [0.2, 0.25) is 0 Å². The number of aromatic nitrogens is 2. The van der Waals surface area contributed by atoms with Crippen molar-refractivity contribution < 1.29 is 24.9 Å². The monoisotopic (exact) mass is 359 g/mol. The predicted molar refractivity (Wildman–Crippen MR) is 92.2 cm³/mol. The predicted octanol–water partition coefficient (Wildman–Crippen LogP) is 3.15. The Hall–Kier alpha value is -3.20. The van der Waals surface area contributed by atoms with Crippen molar-refractivity contribution >= 4 is 45.0 Å². The summed E-state index contributed by atoms with van der Waals surface area (Å²) in [7, 11) is 0. The summed E-state index contributed by atoms with van der Waals surface area (Å²) in [5, 5.41) is 31.6. The summed E-state index contributed by atoms with van der Waals surface area (Å²) in [6.45, 7) is 3.35. The van der Waals surface area contributed by atoms with E-state index >= 15 is 0 Å². The average molecular weight is 359 g/mol. The van der Waals surface area contributed by atoms with E-state index in [1.807, 2.05) is 0 Å². The third-order valence-corrected chi connectivity index (χ3v) is 4.76. The summed E-state index contributed by atoms with van der Waals surface area (Å²) in [5.74, 6) is -1.81. The summed E-state index contributed by atoms with van der Waals surface area (Å²) in [6, 6.07) is 4.05. The molecule has 0 saturated carbocycles. The molecular weight excluding hydrogens is 346 g/mol. The number of benzene rings is 1. The van der Waals surface area contributed by atoms with Gasteiger partial charge in [-0.1, -0.05) is 0 Å². The molecule has 0 aliphatic carbocycles. The van der Waals surface area contributed by atoms with Crippen molar-refractivity contribution in [2.75, 3.05) is 5.32 Å². The molecule has 128 valence electrons. The molecule has 0 bridgehead atoms. The summed E-state index contributed by atoms with van der Waals surface area (Å²) in [6.07, 6.45) is 0. The zero-order valence-electron chi connectivity index (χ0n) is 13.2. The number of nitrogens with zero attached hydrogens (tertiary/aromatic N) is 2. The van der Waals surface area contributed by atoms with Crippen LogP contribution < -0.4 is 5.32 Å². The lowest BCUT2D eigenvalue weighted by Crippen LogP contribution is -2.02. The molecule has 8 nitrogen and oxygen atoms in total. The Balaban J connectivity index is 2.14. The van der Waals surface area contributed by atoms with Crippen LogP contribution in [-0.4, -0.2) is 37.2 Å². The zero-order valence-corrected chi connectivity index (χ0v) is 14.0. The SMILES string of the molecule is Cc1nc(Nc2ccc(O)c(C(=O)O)c2)c2c(C)c(C(=O)O)sc2n1. The smallest absolute Gasteiger partial charge is 0.346 e. The van der Waals surface area contributed by atoms with Gasteiger partial charge in [0, 0.05) is 5.69 Å². The fourth-order valence-corrected chi connectivity index (χ4v) is 3.53. The molecule has 0 aliphatic rings. The van der Waals surface area contributed by atoms with E-state index in [0.717, 1.165) is 11.3 Å². The summed E-state index contributed by atoms with van der Waals surface area (Å²) in [5.41, 5.74) is 0.685. The van der Waals surface area contributed by atoms with Gasteiger partial charge in [-0.15, -0.1) is 11.3 Å². The number of fused-ring (bicyclic) bond motifs is 1. The molecule has 9 heteroatoms. The maximum atomic E-state index is 11.4. The number of phenols is 1. The molecule has 0 unspecified atom stereocenters. The first-order chi connectivity index (χ1) is 11.8. The number of nitrogens with one attached hydrogen (secondary N) is 1. The Labute approximate surface area is 145 Å². The Morgan fingerprint density at radius 1 is 1.12 bits per heavy atom. The lowest BCUT2D eigenvalue weighted by molar-refractivity contribution is 0.0686. The van der Waals surface area contributed by atoms with Crippen LogP contribution in [0, 0.1) is 13.8 Å². The number of aromatic carboxylic acids is 2. The van der Waals surface area contributed by atoms with Crippen molar-refractivity contribution in [3.05, 3.63) is 40.0 Å². The second kappa shape index (κ2) is 6.02. The Morgan fingerprint density at radius 2 is 1.84 bits per heavy atom. The van der Waals surface area contributed by atoms with Gasteiger partial charge < -0.3 is 20.6 Å². The van der Waals surface area contributed by atoms with Gasteiger partial charge in [0.1, 0.15) is 32.7 Å². The van der Waals surface area contributed by atoms with Crippen LogP contribution in [0.25, 0.3) is 10.2 Å². The van der Waals surface area contributed by atoms with E-state index in [4.69, 9.17) is 5.11 Å². The Bertz CT molecular complexity index is 1030. The molecule has 0 fully saturated rings. The number of aryl methyl sites for hydroxylation is 2. The van der Waals surface area contributed by atoms with Crippen LogP contribution in [0.15, 0.2) is 18.2 Å². The molecule has 0 spiro atoms. The number of anilines is 2. The minimum Gasteiger partial charge on any atom is -0.507 e. The van der Waals surface area contributed by atoms with Gasteiger partial charge >= 0.3 is 11.9 Å². The van der Waals surface area contributed by atoms with E-state index in [-0.39, 0.29) is 16.2 Å². The van der Waals surface area contributed by atoms with Crippen LogP contribution in [0.2, 0.25) is 0 Å². The third-order valence-electron chi connectivity index (χ3n) is 3.59. The van der Waals surface area contributed by atoms with Crippen LogP contribution in [0.5, 0.6) is 5.75 Å². The van der Waals surface area contributed by atoms with Crippen molar-refractivity contribution in [2.24, 2.45) is 0 Å². The molecule has 0 aliphatic heterocycles. The second-order valence-electron chi connectivity index (χ2n) is 5.32. The fraction of sp³-hybridized carbons (Fsp3) is 0.125. The van der Waals surface area contributed by atoms with E-state index in [9.17, 15) is 19.8 Å². The topological polar surface area (TPSA) is 133 Å². The van der Waals surface area contributed by atoms with E-state index in [2.05, 4.69) is 15.3 Å². The van der Waals surface area contributed by atoms with E-state index in [1.165, 1.54) is 18.2 Å². The van der Waals surface area contributed by atoms with Gasteiger partial charge in [-0.05, 0) is 37.6 Å². The first-order valence-electron chi connectivity index (χ1n) is 7.12. The number of hydrogen-bond acceptors (Lipinski definition) is 7. The molecule has 0 atom stereocenters. The van der Waals surface area contributed by atoms with Crippen molar-refractivity contribution in [1.29, 1.82) is 0 Å². The number of carboxylic acids is 2. The first-order valence-corrected chi connectivity index (χ1v) is 7.94. The average Bonchev–Trinajstić information content (AvgIpc) is 2.86. The molecule has 0 amide bonds. The Kier molecular flexibility index (Phi) is 4.01. The lowest BCUT2D eigenvalue weighted by atomic mass is 10.1. The second-order valence-corrected chi connectivity index (χ2v) is 6.32. The molecule has 0 radical (unpaired) electrons. The Morgan fingerprint density at radius 3 is 2.48 bits per heavy atom. The summed E-state index contributed by atoms with van der Waals surface area (Å²) >= 11 is 1.06. The molecule has 3 aromatic rings. The van der Waals surface area contributed by atoms with Gasteiger partial charge in [0.15, 0.2) is 0 Å². The minimum atomic E-state index is -1.26. The molecular formula is C16H13N3O5S. The highest BCUT2D eigenvalue weighted by Crippen LogP contribution is 2.35. The first kappa shape index (κ1) is 16.7. The number of carbonyl (C=O) groups is 2. The molecule has 0 saturated heterocycles. The highest BCUT2D eigenvalue weighted by atomic mass is 32.1. The van der Waals surface area contributed by atoms with E-state index in [0.29, 0.717) is 33.1 Å². The van der Waals surface area contributed by atoms with Gasteiger partial charge in [-0.25, -0.2) is 19.6 Å². The highest BCUT2D eigenvalue weighted by Gasteiger charge is 2.20. The largest absolute Gasteiger partial charge is 0.507 e. The van der Waals surface area contributed by atoms with Gasteiger partial charge in [0.05, 0.1) is 5.39 Å². The van der Waals surface area contributed by atoms with Gasteiger partial charge in [-0.3, -0.25) is 0 Å². The lowest BCUT2D eigenvalue weighted by Gasteiger charge is -2.10. The van der Waals surface area contributed by atoms with Crippen molar-refractivity contribution in [1.82, 2.24) is 9.97 Å². The minimum absolute atomic E-state index is 0.176. The molecule has 3 rings (SSSR count). The fourth-order valence-electron chi connectivity index (χ4n) is 2.46. The van der Waals surface area contributed by atoms with E-state index < -0.39 is 11.9 Å². The normalized spacial score (nSPS) is 10.8. The summed E-state index contributed by atoms with van der Waals surface area (Å²) < 4.78 is 0. The molecule has 2 aromatic heterocycles. The number of aromatic hydroxyl groups is 1. The number of hydrogen-bond donors (Lipinski definition) is 4. The maximum absolute atomic E-state index is 11.4. The number of rotatable bonds is 4. The molecule has 2 heterocycles. The number of carboxylic acid groups (broad SMARTS) is 2. The van der Waals surface area contributed by atoms with Crippen molar-refractivity contribution in [2.45, 2.75) is 13.8 Å².